The number of hydrogen-bond acceptors (Lipinski definition) is 1. The Balaban J connectivity index is 0.948. The monoisotopic (exact) mass is 846 g/mol. The van der Waals surface area contributed by atoms with Gasteiger partial charge in [-0.3, -0.25) is 0 Å². The van der Waals surface area contributed by atoms with Crippen molar-refractivity contribution in [3.05, 3.63) is 229 Å². The van der Waals surface area contributed by atoms with E-state index in [0.717, 1.165) is 18.5 Å². The first-order valence-corrected chi connectivity index (χ1v) is 23.7. The van der Waals surface area contributed by atoms with Crippen LogP contribution in [0.3, 0.4) is 0 Å². The molecule has 2 aliphatic rings. The van der Waals surface area contributed by atoms with Crippen LogP contribution in [0.2, 0.25) is 0 Å². The van der Waals surface area contributed by atoms with E-state index in [1.165, 1.54) is 116 Å². The summed E-state index contributed by atoms with van der Waals surface area (Å²) >= 11 is 0. The van der Waals surface area contributed by atoms with E-state index in [0.29, 0.717) is 0 Å². The molecule has 1 aliphatic heterocycles. The van der Waals surface area contributed by atoms with Gasteiger partial charge in [0.15, 0.2) is 0 Å². The Morgan fingerprint density at radius 1 is 0.379 bits per heavy atom. The van der Waals surface area contributed by atoms with E-state index in [4.69, 9.17) is 0 Å². The summed E-state index contributed by atoms with van der Waals surface area (Å²) < 4.78 is 2.47. The topological polar surface area (TPSA) is 8.17 Å². The summed E-state index contributed by atoms with van der Waals surface area (Å²) in [5, 5.41) is 7.75. The molecule has 0 saturated carbocycles. The average Bonchev–Trinajstić information content (AvgIpc) is 3.86. The molecule has 13 rings (SSSR count). The van der Waals surface area contributed by atoms with Crippen molar-refractivity contribution in [2.75, 3.05) is 4.90 Å². The molecule has 11 aromatic rings. The van der Waals surface area contributed by atoms with Crippen molar-refractivity contribution in [1.82, 2.24) is 4.57 Å². The number of nitrogens with zero attached hydrogens (tertiary/aromatic N) is 2. The number of para-hydroxylation sites is 2. The lowest BCUT2D eigenvalue weighted by molar-refractivity contribution is 0.494. The van der Waals surface area contributed by atoms with Crippen molar-refractivity contribution < 1.29 is 0 Å². The second-order valence-corrected chi connectivity index (χ2v) is 19.1. The Morgan fingerprint density at radius 2 is 1.00 bits per heavy atom. The molecule has 0 amide bonds. The summed E-state index contributed by atoms with van der Waals surface area (Å²) in [7, 11) is 0. The highest BCUT2D eigenvalue weighted by Crippen LogP contribution is 2.56. The fourth-order valence-electron chi connectivity index (χ4n) is 12.2. The van der Waals surface area contributed by atoms with Gasteiger partial charge in [-0.05, 0) is 169 Å². The normalized spacial score (nSPS) is 14.4. The molecule has 0 atom stereocenters. The second kappa shape index (κ2) is 14.4. The van der Waals surface area contributed by atoms with Gasteiger partial charge in [-0.1, -0.05) is 155 Å². The lowest BCUT2D eigenvalue weighted by Gasteiger charge is -2.42. The van der Waals surface area contributed by atoms with Crippen molar-refractivity contribution in [3.63, 3.8) is 0 Å². The van der Waals surface area contributed by atoms with Gasteiger partial charge < -0.3 is 9.47 Å². The maximum absolute atomic E-state index is 2.49. The van der Waals surface area contributed by atoms with Gasteiger partial charge in [0.25, 0.3) is 0 Å². The molecule has 1 aromatic heterocycles. The van der Waals surface area contributed by atoms with Crippen molar-refractivity contribution >= 4 is 60.4 Å². The predicted molar refractivity (Wildman–Crippen MR) is 280 cm³/mol. The fourth-order valence-corrected chi connectivity index (χ4v) is 12.2. The molecule has 0 spiro atoms. The number of rotatable bonds is 6. The van der Waals surface area contributed by atoms with Gasteiger partial charge in [0.1, 0.15) is 0 Å². The molecule has 1 aliphatic carbocycles. The summed E-state index contributed by atoms with van der Waals surface area (Å²) in [4.78, 5) is 2.45. The summed E-state index contributed by atoms with van der Waals surface area (Å²) in [6, 6.07) is 77.5. The average molecular weight is 847 g/mol. The van der Waals surface area contributed by atoms with Crippen LogP contribution in [-0.4, -0.2) is 4.57 Å². The minimum absolute atomic E-state index is 0.00668. The minimum Gasteiger partial charge on any atom is -0.310 e. The van der Waals surface area contributed by atoms with Crippen LogP contribution >= 0.6 is 0 Å². The molecule has 2 heteroatoms. The van der Waals surface area contributed by atoms with Crippen LogP contribution in [-0.2, 0) is 10.8 Å². The molecule has 0 N–H and O–H groups in total. The van der Waals surface area contributed by atoms with Gasteiger partial charge in [0, 0.05) is 33.0 Å². The van der Waals surface area contributed by atoms with E-state index in [1.54, 1.807) is 0 Å². The van der Waals surface area contributed by atoms with Gasteiger partial charge in [-0.25, -0.2) is 0 Å². The van der Waals surface area contributed by atoms with Crippen molar-refractivity contribution in [2.24, 2.45) is 0 Å². The number of anilines is 3. The third-order valence-corrected chi connectivity index (χ3v) is 15.6. The minimum atomic E-state index is -0.253. The Kier molecular flexibility index (Phi) is 8.46. The van der Waals surface area contributed by atoms with Crippen LogP contribution in [0.25, 0.3) is 82.4 Å². The molecule has 0 bridgehead atoms. The maximum atomic E-state index is 2.49. The largest absolute Gasteiger partial charge is 0.310 e. The summed E-state index contributed by atoms with van der Waals surface area (Å²) in [6.45, 7) is 9.52. The Morgan fingerprint density at radius 3 is 1.76 bits per heavy atom. The quantitative estimate of drug-likeness (QED) is 0.151. The SMILES string of the molecule is CCC1(CC)c2ccccc2-c2ccc3cc4ccc(-n5c6ccccc6c6cc(-c7ccc8c(c7)C(C)(C)c7cc(-c9ccccc9)ccc7N8c7ccccc7)ccc65)cc4cc3c21. The Labute approximate surface area is 387 Å². The molecule has 316 valence electrons. The van der Waals surface area contributed by atoms with E-state index >= 15 is 0 Å². The lowest BCUT2D eigenvalue weighted by Crippen LogP contribution is -2.30. The highest BCUT2D eigenvalue weighted by atomic mass is 15.2. The van der Waals surface area contributed by atoms with E-state index in [-0.39, 0.29) is 10.8 Å². The number of hydrogen-bond donors (Lipinski definition) is 0. The predicted octanol–water partition coefficient (Wildman–Crippen LogP) is 17.6. The zero-order valence-corrected chi connectivity index (χ0v) is 37.9. The van der Waals surface area contributed by atoms with Crippen molar-refractivity contribution in [1.29, 1.82) is 0 Å². The van der Waals surface area contributed by atoms with Gasteiger partial charge in [0.05, 0.1) is 22.4 Å². The van der Waals surface area contributed by atoms with Gasteiger partial charge in [-0.2, -0.15) is 0 Å². The molecular formula is C64H50N2. The van der Waals surface area contributed by atoms with Crippen LogP contribution in [0, 0.1) is 0 Å². The standard InChI is InChI=1S/C64H50N2/c1-5-64(6-2)55-23-15-13-21-50(55)52-31-26-46-35-42-25-30-49(36-47(42)38-53(46)62(52)64)66-58-24-16-14-22-51(58)54-37-43(27-32-59(54)66)45-29-34-61-57(40-45)63(3,4)56-39-44(41-17-9-7-10-18-41)28-33-60(56)65(61)48-19-11-8-12-20-48/h7-40H,5-6H2,1-4H3. The van der Waals surface area contributed by atoms with Crippen molar-refractivity contribution in [3.8, 4) is 39.1 Å². The van der Waals surface area contributed by atoms with E-state index in [1.807, 2.05) is 0 Å². The van der Waals surface area contributed by atoms with E-state index < -0.39 is 0 Å². The molecule has 0 unspecified atom stereocenters. The second-order valence-electron chi connectivity index (χ2n) is 19.1. The lowest BCUT2D eigenvalue weighted by atomic mass is 9.72. The first-order valence-electron chi connectivity index (χ1n) is 23.7. The Bertz CT molecular complexity index is 3750. The molecule has 0 saturated heterocycles. The zero-order chi connectivity index (χ0) is 44.3. The molecule has 0 radical (unpaired) electrons. The van der Waals surface area contributed by atoms with E-state index in [2.05, 4.69) is 243 Å². The van der Waals surface area contributed by atoms with Gasteiger partial charge in [-0.15, -0.1) is 0 Å². The summed E-state index contributed by atoms with van der Waals surface area (Å²) in [6.07, 6.45) is 2.15. The van der Waals surface area contributed by atoms with E-state index in [9.17, 15) is 0 Å². The van der Waals surface area contributed by atoms with Crippen molar-refractivity contribution in [2.45, 2.75) is 51.4 Å². The fraction of sp³-hybridized carbons (Fsp3) is 0.125. The van der Waals surface area contributed by atoms with Crippen LogP contribution in [0.15, 0.2) is 206 Å². The number of aromatic nitrogens is 1. The van der Waals surface area contributed by atoms with Gasteiger partial charge in [0.2, 0.25) is 0 Å². The summed E-state index contributed by atoms with van der Waals surface area (Å²) in [5.41, 5.74) is 20.3. The molecule has 66 heavy (non-hydrogen) atoms. The molecule has 0 fully saturated rings. The molecule has 2 heterocycles. The van der Waals surface area contributed by atoms with Crippen LogP contribution in [0.4, 0.5) is 17.1 Å². The Hall–Kier alpha value is -7.68. The summed E-state index contributed by atoms with van der Waals surface area (Å²) in [5.74, 6) is 0. The zero-order valence-electron chi connectivity index (χ0n) is 37.9. The first kappa shape index (κ1) is 38.8. The molecular weight excluding hydrogens is 797 g/mol. The highest BCUT2D eigenvalue weighted by molar-refractivity contribution is 6.11. The van der Waals surface area contributed by atoms with Gasteiger partial charge >= 0.3 is 0 Å². The van der Waals surface area contributed by atoms with Crippen LogP contribution in [0.1, 0.15) is 62.8 Å². The number of benzene rings is 10. The number of fused-ring (bicyclic) bond motifs is 11. The van der Waals surface area contributed by atoms with Crippen LogP contribution in [0.5, 0.6) is 0 Å². The molecule has 2 nitrogen and oxygen atoms in total. The molecule has 10 aromatic carbocycles. The maximum Gasteiger partial charge on any atom is 0.0541 e. The highest BCUT2D eigenvalue weighted by Gasteiger charge is 2.42. The smallest absolute Gasteiger partial charge is 0.0541 e. The van der Waals surface area contributed by atoms with Crippen LogP contribution < -0.4 is 4.90 Å². The first-order chi connectivity index (χ1) is 32.4. The third kappa shape index (κ3) is 5.48. The third-order valence-electron chi connectivity index (χ3n) is 15.6.